The second kappa shape index (κ2) is 8.00. The van der Waals surface area contributed by atoms with Gasteiger partial charge in [-0.3, -0.25) is 20.2 Å². The molecule has 0 saturated heterocycles. The molecule has 0 aromatic heterocycles. The Kier molecular flexibility index (Phi) is 6.04. The summed E-state index contributed by atoms with van der Waals surface area (Å²) in [6.07, 6.45) is -14.0. The SMILES string of the molecule is O=[N+]([O-])c1cc(C(F)(F)F)cc([N+](=O)[O-])c1Nc1ccc(OC(F)(F)C(F)F)cc1. The molecule has 8 nitrogen and oxygen atoms in total. The molecule has 0 amide bonds. The molecular formula is C15H8F7N3O5. The molecule has 0 aliphatic rings. The van der Waals surface area contributed by atoms with E-state index in [1.165, 1.54) is 0 Å². The van der Waals surface area contributed by atoms with Crippen molar-refractivity contribution in [3.05, 3.63) is 62.2 Å². The van der Waals surface area contributed by atoms with Gasteiger partial charge in [0.05, 0.1) is 15.4 Å². The summed E-state index contributed by atoms with van der Waals surface area (Å²) in [4.78, 5) is 19.7. The normalized spacial score (nSPS) is 12.0. The first-order valence-corrected chi connectivity index (χ1v) is 7.48. The van der Waals surface area contributed by atoms with Crippen LogP contribution < -0.4 is 10.1 Å². The lowest BCUT2D eigenvalue weighted by Crippen LogP contribution is -2.33. The highest BCUT2D eigenvalue weighted by Crippen LogP contribution is 2.42. The molecule has 0 aliphatic carbocycles. The number of rotatable bonds is 7. The Morgan fingerprint density at radius 2 is 1.37 bits per heavy atom. The lowest BCUT2D eigenvalue weighted by molar-refractivity contribution is -0.392. The van der Waals surface area contributed by atoms with Crippen LogP contribution >= 0.6 is 0 Å². The van der Waals surface area contributed by atoms with Crippen molar-refractivity contribution >= 4 is 22.7 Å². The predicted molar refractivity (Wildman–Crippen MR) is 86.1 cm³/mol. The van der Waals surface area contributed by atoms with Gasteiger partial charge in [-0.15, -0.1) is 0 Å². The fourth-order valence-corrected chi connectivity index (χ4v) is 2.14. The van der Waals surface area contributed by atoms with Crippen molar-refractivity contribution in [1.29, 1.82) is 0 Å². The van der Waals surface area contributed by atoms with Crippen LogP contribution in [0.4, 0.5) is 53.5 Å². The maximum atomic E-state index is 12.9. The van der Waals surface area contributed by atoms with Gasteiger partial charge in [0.2, 0.25) is 0 Å². The summed E-state index contributed by atoms with van der Waals surface area (Å²) in [6.45, 7) is 0. The third-order valence-corrected chi connectivity index (χ3v) is 3.45. The van der Waals surface area contributed by atoms with Crippen LogP contribution in [0.2, 0.25) is 0 Å². The Balaban J connectivity index is 2.44. The van der Waals surface area contributed by atoms with Crippen LogP contribution in [0.3, 0.4) is 0 Å². The third kappa shape index (κ3) is 5.03. The molecule has 0 aliphatic heterocycles. The number of hydrogen-bond acceptors (Lipinski definition) is 6. The highest BCUT2D eigenvalue weighted by Gasteiger charge is 2.44. The molecule has 162 valence electrons. The summed E-state index contributed by atoms with van der Waals surface area (Å²) in [5.74, 6) is -0.734. The lowest BCUT2D eigenvalue weighted by atomic mass is 10.1. The first kappa shape index (κ1) is 22.6. The Hall–Kier alpha value is -3.65. The molecule has 15 heteroatoms. The monoisotopic (exact) mass is 443 g/mol. The summed E-state index contributed by atoms with van der Waals surface area (Å²) in [5, 5.41) is 24.4. The predicted octanol–water partition coefficient (Wildman–Crippen LogP) is 5.50. The summed E-state index contributed by atoms with van der Waals surface area (Å²) < 4.78 is 92.4. The van der Waals surface area contributed by atoms with Crippen molar-refractivity contribution in [1.82, 2.24) is 0 Å². The van der Waals surface area contributed by atoms with Crippen molar-refractivity contribution in [2.75, 3.05) is 5.32 Å². The first-order valence-electron chi connectivity index (χ1n) is 7.48. The van der Waals surface area contributed by atoms with Crippen molar-refractivity contribution in [3.8, 4) is 5.75 Å². The molecule has 30 heavy (non-hydrogen) atoms. The molecule has 0 atom stereocenters. The van der Waals surface area contributed by atoms with Crippen LogP contribution in [-0.2, 0) is 6.18 Å². The average molecular weight is 443 g/mol. The number of hydrogen-bond donors (Lipinski definition) is 1. The van der Waals surface area contributed by atoms with Gasteiger partial charge in [0.25, 0.3) is 11.4 Å². The second-order valence-corrected chi connectivity index (χ2v) is 5.52. The lowest BCUT2D eigenvalue weighted by Gasteiger charge is -2.17. The molecule has 0 spiro atoms. The van der Waals surface area contributed by atoms with Gasteiger partial charge in [0.15, 0.2) is 5.69 Å². The average Bonchev–Trinajstić information content (AvgIpc) is 2.61. The van der Waals surface area contributed by atoms with Crippen molar-refractivity contribution < 1.29 is 45.3 Å². The summed E-state index contributed by atoms with van der Waals surface area (Å²) in [6, 6.07) is 3.39. The molecule has 2 aromatic carbocycles. The zero-order chi connectivity index (χ0) is 22.9. The standard InChI is InChI=1S/C15H8F7N3O5/c16-13(17)15(21,22)30-9-3-1-8(2-4-9)23-12-10(24(26)27)5-7(14(18,19)20)6-11(12)25(28)29/h1-6,13,23H. The molecule has 0 unspecified atom stereocenters. The minimum atomic E-state index is -5.11. The number of nitro groups is 2. The molecule has 1 N–H and O–H groups in total. The zero-order valence-corrected chi connectivity index (χ0v) is 14.1. The summed E-state index contributed by atoms with van der Waals surface area (Å²) in [5.41, 5.74) is -5.33. The topological polar surface area (TPSA) is 108 Å². The minimum Gasteiger partial charge on any atom is -0.428 e. The van der Waals surface area contributed by atoms with Gasteiger partial charge in [-0.05, 0) is 24.3 Å². The van der Waals surface area contributed by atoms with E-state index in [0.29, 0.717) is 0 Å². The summed E-state index contributed by atoms with van der Waals surface area (Å²) >= 11 is 0. The third-order valence-electron chi connectivity index (χ3n) is 3.45. The highest BCUT2D eigenvalue weighted by atomic mass is 19.4. The molecule has 0 fully saturated rings. The van der Waals surface area contributed by atoms with Gasteiger partial charge in [-0.25, -0.2) is 0 Å². The van der Waals surface area contributed by atoms with E-state index in [1.807, 2.05) is 0 Å². The maximum absolute atomic E-state index is 12.9. The number of anilines is 2. The van der Waals surface area contributed by atoms with Crippen molar-refractivity contribution in [2.24, 2.45) is 0 Å². The first-order chi connectivity index (χ1) is 13.7. The number of alkyl halides is 7. The minimum absolute atomic E-state index is 0.0794. The van der Waals surface area contributed by atoms with E-state index in [9.17, 15) is 51.0 Å². The van der Waals surface area contributed by atoms with Crippen molar-refractivity contribution in [2.45, 2.75) is 18.7 Å². The van der Waals surface area contributed by atoms with Gasteiger partial charge >= 0.3 is 18.7 Å². The Morgan fingerprint density at radius 3 is 1.73 bits per heavy atom. The van der Waals surface area contributed by atoms with E-state index in [4.69, 9.17) is 0 Å². The Labute approximate surface area is 161 Å². The fraction of sp³-hybridized carbons (Fsp3) is 0.200. The quantitative estimate of drug-likeness (QED) is 0.344. The van der Waals surface area contributed by atoms with Crippen molar-refractivity contribution in [3.63, 3.8) is 0 Å². The maximum Gasteiger partial charge on any atom is 0.461 e. The Morgan fingerprint density at radius 1 is 0.900 bits per heavy atom. The second-order valence-electron chi connectivity index (χ2n) is 5.52. The number of nitrogens with one attached hydrogen (secondary N) is 1. The van der Waals surface area contributed by atoms with E-state index in [2.05, 4.69) is 10.1 Å². The number of ether oxygens (including phenoxy) is 1. The van der Waals surface area contributed by atoms with E-state index in [-0.39, 0.29) is 17.8 Å². The summed E-state index contributed by atoms with van der Waals surface area (Å²) in [7, 11) is 0. The molecule has 0 saturated carbocycles. The van der Waals surface area contributed by atoms with Gasteiger partial charge in [-0.2, -0.15) is 30.7 Å². The van der Waals surface area contributed by atoms with E-state index in [0.717, 1.165) is 24.3 Å². The molecule has 2 aromatic rings. The van der Waals surface area contributed by atoms with Gasteiger partial charge < -0.3 is 10.1 Å². The van der Waals surface area contributed by atoms with Crippen LogP contribution in [0.25, 0.3) is 0 Å². The molecular weight excluding hydrogens is 435 g/mol. The van der Waals surface area contributed by atoms with Crippen LogP contribution in [0.5, 0.6) is 5.75 Å². The molecule has 2 rings (SSSR count). The number of benzene rings is 2. The largest absolute Gasteiger partial charge is 0.461 e. The molecule has 0 heterocycles. The van der Waals surface area contributed by atoms with Crippen LogP contribution in [-0.4, -0.2) is 22.4 Å². The highest BCUT2D eigenvalue weighted by molar-refractivity contribution is 5.80. The fourth-order valence-electron chi connectivity index (χ4n) is 2.14. The van der Waals surface area contributed by atoms with Crippen LogP contribution in [0.15, 0.2) is 36.4 Å². The van der Waals surface area contributed by atoms with Gasteiger partial charge in [-0.1, -0.05) is 0 Å². The van der Waals surface area contributed by atoms with Gasteiger partial charge in [0, 0.05) is 17.8 Å². The zero-order valence-electron chi connectivity index (χ0n) is 14.1. The smallest absolute Gasteiger partial charge is 0.428 e. The number of nitro benzene ring substituents is 2. The molecule has 0 radical (unpaired) electrons. The van der Waals surface area contributed by atoms with E-state index >= 15 is 0 Å². The van der Waals surface area contributed by atoms with Crippen LogP contribution in [0, 0.1) is 20.2 Å². The van der Waals surface area contributed by atoms with E-state index < -0.39 is 56.9 Å². The number of halogens is 7. The molecule has 0 bridgehead atoms. The number of nitrogens with zero attached hydrogens (tertiary/aromatic N) is 2. The van der Waals surface area contributed by atoms with E-state index in [1.54, 1.807) is 0 Å². The van der Waals surface area contributed by atoms with Gasteiger partial charge in [0.1, 0.15) is 5.75 Å². The Bertz CT molecular complexity index is 929. The van der Waals surface area contributed by atoms with Crippen LogP contribution in [0.1, 0.15) is 5.56 Å².